The predicted molar refractivity (Wildman–Crippen MR) is 110 cm³/mol. The molecule has 3 heterocycles. The maximum Gasteiger partial charge on any atom is 0.258 e. The Kier molecular flexibility index (Phi) is 5.81. The highest BCUT2D eigenvalue weighted by molar-refractivity contribution is 5.77. The largest absolute Gasteiger partial charge is 0.483 e. The van der Waals surface area contributed by atoms with Crippen molar-refractivity contribution in [1.29, 1.82) is 0 Å². The number of nitrogens with one attached hydrogen (secondary N) is 1. The second kappa shape index (κ2) is 8.49. The molecule has 1 aromatic carbocycles. The average molecular weight is 399 g/mol. The molecule has 6 heteroatoms. The Bertz CT molecular complexity index is 825. The number of nitrogens with zero attached hydrogens (tertiary/aromatic N) is 1. The Labute approximate surface area is 172 Å². The Morgan fingerprint density at radius 2 is 2.03 bits per heavy atom. The molecule has 0 aliphatic carbocycles. The van der Waals surface area contributed by atoms with E-state index in [0.717, 1.165) is 36.6 Å². The molecule has 1 N–H and O–H groups in total. The number of likely N-dealkylation sites (tertiary alicyclic amines) is 1. The van der Waals surface area contributed by atoms with E-state index in [4.69, 9.17) is 13.9 Å². The summed E-state index contributed by atoms with van der Waals surface area (Å²) in [6.45, 7) is 6.64. The van der Waals surface area contributed by atoms with Gasteiger partial charge in [-0.05, 0) is 58.0 Å². The van der Waals surface area contributed by atoms with Crippen LogP contribution in [0, 0.1) is 0 Å². The first-order valence-corrected chi connectivity index (χ1v) is 10.5. The lowest BCUT2D eigenvalue weighted by molar-refractivity contribution is -0.123. The minimum atomic E-state index is -0.241. The number of carbonyl (C=O) groups excluding carboxylic acids is 1. The zero-order valence-corrected chi connectivity index (χ0v) is 17.3. The summed E-state index contributed by atoms with van der Waals surface area (Å²) in [5.41, 5.74) is 0.880. The number of fused-ring (bicyclic) bond motifs is 1. The molecule has 1 unspecified atom stereocenters. The third-order valence-corrected chi connectivity index (χ3v) is 5.61. The molecule has 0 spiro atoms. The summed E-state index contributed by atoms with van der Waals surface area (Å²) in [6, 6.07) is 9.78. The zero-order valence-electron chi connectivity index (χ0n) is 17.3. The third-order valence-electron chi connectivity index (χ3n) is 5.61. The summed E-state index contributed by atoms with van der Waals surface area (Å²) in [4.78, 5) is 14.9. The summed E-state index contributed by atoms with van der Waals surface area (Å²) in [5, 5.41) is 3.02. The molecule has 1 aromatic heterocycles. The number of hydrogen-bond donors (Lipinski definition) is 1. The Balaban J connectivity index is 1.33. The number of furan rings is 1. The van der Waals surface area contributed by atoms with Crippen molar-refractivity contribution in [2.45, 2.75) is 51.2 Å². The second-order valence-corrected chi connectivity index (χ2v) is 8.50. The van der Waals surface area contributed by atoms with Crippen LogP contribution in [0.5, 0.6) is 11.5 Å². The van der Waals surface area contributed by atoms with Crippen molar-refractivity contribution >= 4 is 5.91 Å². The lowest BCUT2D eigenvalue weighted by Gasteiger charge is -2.33. The van der Waals surface area contributed by atoms with E-state index in [1.807, 2.05) is 30.3 Å². The number of amides is 1. The van der Waals surface area contributed by atoms with Crippen molar-refractivity contribution in [3.63, 3.8) is 0 Å². The van der Waals surface area contributed by atoms with E-state index in [1.165, 1.54) is 19.3 Å². The molecule has 1 saturated heterocycles. The van der Waals surface area contributed by atoms with Gasteiger partial charge in [0.2, 0.25) is 0 Å². The molecule has 4 rings (SSSR count). The van der Waals surface area contributed by atoms with E-state index in [-0.39, 0.29) is 24.2 Å². The highest BCUT2D eigenvalue weighted by atomic mass is 16.5. The molecule has 0 saturated carbocycles. The van der Waals surface area contributed by atoms with Crippen molar-refractivity contribution < 1.29 is 18.7 Å². The van der Waals surface area contributed by atoms with Crippen LogP contribution in [0.3, 0.4) is 0 Å². The lowest BCUT2D eigenvalue weighted by Crippen LogP contribution is -2.41. The van der Waals surface area contributed by atoms with Crippen molar-refractivity contribution in [2.75, 3.05) is 26.2 Å². The van der Waals surface area contributed by atoms with E-state index in [1.54, 1.807) is 6.26 Å². The molecule has 2 aromatic rings. The maximum absolute atomic E-state index is 12.5. The normalized spacial score (nSPS) is 19.2. The topological polar surface area (TPSA) is 63.9 Å². The van der Waals surface area contributed by atoms with Gasteiger partial charge in [0.15, 0.2) is 18.1 Å². The van der Waals surface area contributed by atoms with Crippen LogP contribution < -0.4 is 14.8 Å². The van der Waals surface area contributed by atoms with Crippen LogP contribution in [-0.2, 0) is 11.2 Å². The van der Waals surface area contributed by atoms with Crippen molar-refractivity contribution in [3.8, 4) is 11.5 Å². The number of carbonyl (C=O) groups is 1. The molecule has 2 aliphatic rings. The van der Waals surface area contributed by atoms with Crippen LogP contribution in [0.15, 0.2) is 41.0 Å². The van der Waals surface area contributed by atoms with Crippen LogP contribution in [-0.4, -0.2) is 42.6 Å². The van der Waals surface area contributed by atoms with E-state index in [0.29, 0.717) is 12.3 Å². The first-order valence-electron chi connectivity index (χ1n) is 10.5. The molecular formula is C23H30N2O4. The first-order chi connectivity index (χ1) is 14.0. The summed E-state index contributed by atoms with van der Waals surface area (Å²) < 4.78 is 17.4. The highest BCUT2D eigenvalue weighted by Gasteiger charge is 2.32. The van der Waals surface area contributed by atoms with Crippen LogP contribution in [0.1, 0.15) is 50.5 Å². The van der Waals surface area contributed by atoms with Crippen LogP contribution >= 0.6 is 0 Å². The molecule has 1 atom stereocenters. The number of benzene rings is 1. The number of rotatable bonds is 7. The van der Waals surface area contributed by atoms with Crippen molar-refractivity contribution in [1.82, 2.24) is 10.2 Å². The van der Waals surface area contributed by atoms with Gasteiger partial charge in [-0.3, -0.25) is 9.69 Å². The van der Waals surface area contributed by atoms with Crippen LogP contribution in [0.4, 0.5) is 0 Å². The molecule has 6 nitrogen and oxygen atoms in total. The van der Waals surface area contributed by atoms with E-state index in [2.05, 4.69) is 24.1 Å². The van der Waals surface area contributed by atoms with Gasteiger partial charge in [-0.2, -0.15) is 0 Å². The standard InChI is InChI=1S/C23H30N2O4/c1-23(2)14-17-8-6-9-20(22(17)29-23)28-16-21(26)24-15-18(19-10-7-13-27-19)25-11-4-3-5-12-25/h6-10,13,18H,3-5,11-12,14-16H2,1-2H3,(H,24,26). The Morgan fingerprint density at radius 1 is 1.21 bits per heavy atom. The number of hydrogen-bond acceptors (Lipinski definition) is 5. The van der Waals surface area contributed by atoms with E-state index in [9.17, 15) is 4.79 Å². The molecule has 29 heavy (non-hydrogen) atoms. The van der Waals surface area contributed by atoms with E-state index < -0.39 is 0 Å². The fourth-order valence-electron chi connectivity index (χ4n) is 4.23. The van der Waals surface area contributed by atoms with Crippen LogP contribution in [0.2, 0.25) is 0 Å². The quantitative estimate of drug-likeness (QED) is 0.770. The second-order valence-electron chi connectivity index (χ2n) is 8.50. The molecule has 1 fully saturated rings. The minimum absolute atomic E-state index is 0.0366. The van der Waals surface area contributed by atoms with Gasteiger partial charge in [0, 0.05) is 18.5 Å². The van der Waals surface area contributed by atoms with Gasteiger partial charge in [0.1, 0.15) is 11.4 Å². The third kappa shape index (κ3) is 4.75. The van der Waals surface area contributed by atoms with Gasteiger partial charge in [-0.25, -0.2) is 0 Å². The van der Waals surface area contributed by atoms with Gasteiger partial charge in [-0.15, -0.1) is 0 Å². The van der Waals surface area contributed by atoms with Gasteiger partial charge >= 0.3 is 0 Å². The molecular weight excluding hydrogens is 368 g/mol. The number of piperidine rings is 1. The minimum Gasteiger partial charge on any atom is -0.483 e. The highest BCUT2D eigenvalue weighted by Crippen LogP contribution is 2.41. The monoisotopic (exact) mass is 398 g/mol. The van der Waals surface area contributed by atoms with E-state index >= 15 is 0 Å². The molecule has 0 radical (unpaired) electrons. The van der Waals surface area contributed by atoms with Crippen molar-refractivity contribution in [3.05, 3.63) is 47.9 Å². The molecule has 1 amide bonds. The smallest absolute Gasteiger partial charge is 0.258 e. The molecule has 0 bridgehead atoms. The Morgan fingerprint density at radius 3 is 2.79 bits per heavy atom. The molecule has 2 aliphatic heterocycles. The SMILES string of the molecule is CC1(C)Cc2cccc(OCC(=O)NCC(c3ccco3)N3CCCCC3)c2O1. The maximum atomic E-state index is 12.5. The van der Waals surface area contributed by atoms with Crippen LogP contribution in [0.25, 0.3) is 0 Å². The predicted octanol–water partition coefficient (Wildman–Crippen LogP) is 3.72. The summed E-state index contributed by atoms with van der Waals surface area (Å²) in [6.07, 6.45) is 6.16. The zero-order chi connectivity index (χ0) is 20.3. The fourth-order valence-corrected chi connectivity index (χ4v) is 4.23. The fraction of sp³-hybridized carbons (Fsp3) is 0.522. The van der Waals surface area contributed by atoms with Gasteiger partial charge in [0.05, 0.1) is 12.3 Å². The van der Waals surface area contributed by atoms with Gasteiger partial charge < -0.3 is 19.2 Å². The summed E-state index contributed by atoms with van der Waals surface area (Å²) in [5.74, 6) is 2.13. The molecule has 156 valence electrons. The first kappa shape index (κ1) is 19.8. The lowest BCUT2D eigenvalue weighted by atomic mass is 10.0. The average Bonchev–Trinajstić information content (AvgIpc) is 3.34. The number of ether oxygens (including phenoxy) is 2. The summed E-state index contributed by atoms with van der Waals surface area (Å²) >= 11 is 0. The summed E-state index contributed by atoms with van der Waals surface area (Å²) in [7, 11) is 0. The van der Waals surface area contributed by atoms with Gasteiger partial charge in [0.25, 0.3) is 5.91 Å². The Hall–Kier alpha value is -2.47. The van der Waals surface area contributed by atoms with Crippen molar-refractivity contribution in [2.24, 2.45) is 0 Å². The van der Waals surface area contributed by atoms with Gasteiger partial charge in [-0.1, -0.05) is 18.6 Å². The number of para-hydroxylation sites is 1.